The highest BCUT2D eigenvalue weighted by Crippen LogP contribution is 2.29. The molecule has 1 heterocycles. The van der Waals surface area contributed by atoms with Crippen LogP contribution < -0.4 is 0 Å². The molecule has 1 fully saturated rings. The van der Waals surface area contributed by atoms with Crippen LogP contribution in [0.3, 0.4) is 0 Å². The number of amides is 1. The monoisotopic (exact) mass is 245 g/mol. The van der Waals surface area contributed by atoms with Crippen molar-refractivity contribution in [1.82, 2.24) is 4.90 Å². The number of nitrogens with zero attached hydrogens (tertiary/aromatic N) is 1. The fourth-order valence-electron chi connectivity index (χ4n) is 1.60. The average Bonchev–Trinajstić information content (AvgIpc) is 2.99. The summed E-state index contributed by atoms with van der Waals surface area (Å²) >= 11 is 1.62. The van der Waals surface area contributed by atoms with Crippen molar-refractivity contribution in [3.8, 4) is 12.3 Å². The maximum absolute atomic E-state index is 11.9. The van der Waals surface area contributed by atoms with Crippen LogP contribution in [0.1, 0.15) is 17.7 Å². The van der Waals surface area contributed by atoms with Crippen LogP contribution >= 0.6 is 11.3 Å². The van der Waals surface area contributed by atoms with Crippen LogP contribution in [0.5, 0.6) is 0 Å². The summed E-state index contributed by atoms with van der Waals surface area (Å²) in [7, 11) is 0. The molecule has 1 saturated carbocycles. The third-order valence-electron chi connectivity index (χ3n) is 2.70. The molecule has 1 aromatic rings. The molecule has 1 aliphatic rings. The van der Waals surface area contributed by atoms with Crippen LogP contribution in [0.2, 0.25) is 0 Å². The first-order valence-electron chi connectivity index (χ1n) is 5.73. The maximum atomic E-state index is 11.9. The minimum absolute atomic E-state index is 0.0169. The van der Waals surface area contributed by atoms with Gasteiger partial charge in [-0.3, -0.25) is 4.79 Å². The molecular formula is C14H15NOS. The molecule has 0 aromatic carbocycles. The normalized spacial score (nSPS) is 14.8. The van der Waals surface area contributed by atoms with Crippen LogP contribution in [-0.2, 0) is 4.79 Å². The molecule has 0 spiro atoms. The SMILES string of the molecule is C#CCN(CC1CC1)C(=O)/C=C/c1cccs1. The number of terminal acetylenes is 1. The molecule has 0 radical (unpaired) electrons. The second-order valence-corrected chi connectivity index (χ2v) is 5.19. The molecule has 17 heavy (non-hydrogen) atoms. The van der Waals surface area contributed by atoms with Crippen molar-refractivity contribution in [2.24, 2.45) is 5.92 Å². The van der Waals surface area contributed by atoms with Crippen molar-refractivity contribution >= 4 is 23.3 Å². The summed E-state index contributed by atoms with van der Waals surface area (Å²) in [5.41, 5.74) is 0. The van der Waals surface area contributed by atoms with Gasteiger partial charge in [0.05, 0.1) is 6.54 Å². The van der Waals surface area contributed by atoms with E-state index in [4.69, 9.17) is 6.42 Å². The lowest BCUT2D eigenvalue weighted by Gasteiger charge is -2.17. The Morgan fingerprint density at radius 3 is 3.06 bits per heavy atom. The van der Waals surface area contributed by atoms with E-state index >= 15 is 0 Å². The Hall–Kier alpha value is -1.53. The maximum Gasteiger partial charge on any atom is 0.247 e. The van der Waals surface area contributed by atoms with E-state index in [0.717, 1.165) is 11.4 Å². The molecule has 2 nitrogen and oxygen atoms in total. The molecular weight excluding hydrogens is 230 g/mol. The highest BCUT2D eigenvalue weighted by Gasteiger charge is 2.25. The topological polar surface area (TPSA) is 20.3 Å². The third kappa shape index (κ3) is 3.76. The summed E-state index contributed by atoms with van der Waals surface area (Å²) in [6, 6.07) is 3.96. The van der Waals surface area contributed by atoms with Gasteiger partial charge in [0, 0.05) is 17.5 Å². The second-order valence-electron chi connectivity index (χ2n) is 4.22. The van der Waals surface area contributed by atoms with E-state index in [1.54, 1.807) is 22.3 Å². The second kappa shape index (κ2) is 5.70. The lowest BCUT2D eigenvalue weighted by molar-refractivity contribution is -0.125. The Morgan fingerprint density at radius 2 is 2.47 bits per heavy atom. The third-order valence-corrected chi connectivity index (χ3v) is 3.54. The summed E-state index contributed by atoms with van der Waals surface area (Å²) in [4.78, 5) is 14.8. The van der Waals surface area contributed by atoms with Crippen LogP contribution in [0.4, 0.5) is 0 Å². The van der Waals surface area contributed by atoms with Gasteiger partial charge >= 0.3 is 0 Å². The fraction of sp³-hybridized carbons (Fsp3) is 0.357. The smallest absolute Gasteiger partial charge is 0.247 e. The Bertz CT molecular complexity index is 437. The lowest BCUT2D eigenvalue weighted by Crippen LogP contribution is -2.31. The Morgan fingerprint density at radius 1 is 1.65 bits per heavy atom. The molecule has 0 aliphatic heterocycles. The van der Waals surface area contributed by atoms with Gasteiger partial charge in [-0.15, -0.1) is 17.8 Å². The van der Waals surface area contributed by atoms with Gasteiger partial charge in [-0.1, -0.05) is 12.0 Å². The van der Waals surface area contributed by atoms with E-state index in [1.807, 2.05) is 23.6 Å². The molecule has 88 valence electrons. The van der Waals surface area contributed by atoms with E-state index < -0.39 is 0 Å². The fourth-order valence-corrected chi connectivity index (χ4v) is 2.22. The number of hydrogen-bond acceptors (Lipinski definition) is 2. The predicted molar refractivity (Wildman–Crippen MR) is 71.5 cm³/mol. The molecule has 0 unspecified atom stereocenters. The zero-order valence-corrected chi connectivity index (χ0v) is 10.5. The van der Waals surface area contributed by atoms with Crippen molar-refractivity contribution in [3.05, 3.63) is 28.5 Å². The van der Waals surface area contributed by atoms with Crippen molar-refractivity contribution in [2.45, 2.75) is 12.8 Å². The quantitative estimate of drug-likeness (QED) is 0.577. The summed E-state index contributed by atoms with van der Waals surface area (Å²) in [5.74, 6) is 3.23. The minimum Gasteiger partial charge on any atom is -0.328 e. The average molecular weight is 245 g/mol. The van der Waals surface area contributed by atoms with Gasteiger partial charge in [0.25, 0.3) is 0 Å². The number of carbonyl (C=O) groups is 1. The number of rotatable bonds is 5. The van der Waals surface area contributed by atoms with Crippen LogP contribution in [0.15, 0.2) is 23.6 Å². The van der Waals surface area contributed by atoms with Gasteiger partial charge < -0.3 is 4.90 Å². The lowest BCUT2D eigenvalue weighted by atomic mass is 10.3. The Labute approximate surface area is 106 Å². The van der Waals surface area contributed by atoms with Gasteiger partial charge in [-0.25, -0.2) is 0 Å². The van der Waals surface area contributed by atoms with Crippen LogP contribution in [-0.4, -0.2) is 23.9 Å². The molecule has 1 aromatic heterocycles. The van der Waals surface area contributed by atoms with Crippen molar-refractivity contribution in [2.75, 3.05) is 13.1 Å². The van der Waals surface area contributed by atoms with E-state index in [1.165, 1.54) is 12.8 Å². The van der Waals surface area contributed by atoms with Gasteiger partial charge in [-0.05, 0) is 36.3 Å². The Balaban J connectivity index is 1.93. The zero-order chi connectivity index (χ0) is 12.1. The van der Waals surface area contributed by atoms with Crippen LogP contribution in [0.25, 0.3) is 6.08 Å². The summed E-state index contributed by atoms with van der Waals surface area (Å²) in [5, 5.41) is 1.99. The minimum atomic E-state index is 0.0169. The first kappa shape index (κ1) is 11.9. The van der Waals surface area contributed by atoms with E-state index in [9.17, 15) is 4.79 Å². The van der Waals surface area contributed by atoms with Gasteiger partial charge in [0.1, 0.15) is 0 Å². The number of hydrogen-bond donors (Lipinski definition) is 0. The molecule has 2 rings (SSSR count). The summed E-state index contributed by atoms with van der Waals surface area (Å²) in [6.45, 7) is 1.21. The van der Waals surface area contributed by atoms with E-state index in [0.29, 0.717) is 12.5 Å². The molecule has 0 saturated heterocycles. The molecule has 3 heteroatoms. The highest BCUT2D eigenvalue weighted by atomic mass is 32.1. The van der Waals surface area contributed by atoms with Crippen molar-refractivity contribution in [3.63, 3.8) is 0 Å². The largest absolute Gasteiger partial charge is 0.328 e. The van der Waals surface area contributed by atoms with Crippen LogP contribution in [0, 0.1) is 18.3 Å². The number of thiophene rings is 1. The van der Waals surface area contributed by atoms with Gasteiger partial charge in [0.2, 0.25) is 5.91 Å². The molecule has 0 atom stereocenters. The summed E-state index contributed by atoms with van der Waals surface area (Å²) in [6.07, 6.45) is 11.2. The first-order valence-corrected chi connectivity index (χ1v) is 6.61. The predicted octanol–water partition coefficient (Wildman–Crippen LogP) is 2.63. The van der Waals surface area contributed by atoms with Crippen molar-refractivity contribution in [1.29, 1.82) is 0 Å². The van der Waals surface area contributed by atoms with Gasteiger partial charge in [0.15, 0.2) is 0 Å². The summed E-state index contributed by atoms with van der Waals surface area (Å²) < 4.78 is 0. The number of carbonyl (C=O) groups excluding carboxylic acids is 1. The first-order chi connectivity index (χ1) is 8.29. The Kier molecular flexibility index (Phi) is 4.00. The van der Waals surface area contributed by atoms with E-state index in [2.05, 4.69) is 5.92 Å². The molecule has 1 aliphatic carbocycles. The molecule has 1 amide bonds. The molecule has 0 bridgehead atoms. The highest BCUT2D eigenvalue weighted by molar-refractivity contribution is 7.10. The van der Waals surface area contributed by atoms with Crippen molar-refractivity contribution < 1.29 is 4.79 Å². The van der Waals surface area contributed by atoms with E-state index in [-0.39, 0.29) is 5.91 Å². The molecule has 0 N–H and O–H groups in total. The standard InChI is InChI=1S/C14H15NOS/c1-2-9-15(11-12-5-6-12)14(16)8-7-13-4-3-10-17-13/h1,3-4,7-8,10,12H,5-6,9,11H2/b8-7+. The van der Waals surface area contributed by atoms with Gasteiger partial charge in [-0.2, -0.15) is 0 Å². The zero-order valence-electron chi connectivity index (χ0n) is 9.63.